The number of amides is 1. The van der Waals surface area contributed by atoms with Gasteiger partial charge in [-0.2, -0.15) is 0 Å². The summed E-state index contributed by atoms with van der Waals surface area (Å²) in [5.41, 5.74) is 0.930. The number of anilines is 1. The number of rotatable bonds is 4. The highest BCUT2D eigenvalue weighted by atomic mass is 16.6. The normalized spacial score (nSPS) is 22.9. The Hall–Kier alpha value is -2.90. The highest BCUT2D eigenvalue weighted by Crippen LogP contribution is 2.28. The van der Waals surface area contributed by atoms with Gasteiger partial charge in [0, 0.05) is 44.0 Å². The number of nitrogens with zero attached hydrogens (tertiary/aromatic N) is 3. The van der Waals surface area contributed by atoms with Gasteiger partial charge in [-0.15, -0.1) is 0 Å². The van der Waals surface area contributed by atoms with E-state index >= 15 is 0 Å². The quantitative estimate of drug-likeness (QED) is 0.500. The van der Waals surface area contributed by atoms with E-state index in [-0.39, 0.29) is 11.6 Å². The van der Waals surface area contributed by atoms with E-state index in [0.717, 1.165) is 5.69 Å². The van der Waals surface area contributed by atoms with Gasteiger partial charge in [-0.1, -0.05) is 12.2 Å². The van der Waals surface area contributed by atoms with Gasteiger partial charge in [-0.25, -0.2) is 0 Å². The number of carboxylic acids is 1. The van der Waals surface area contributed by atoms with Gasteiger partial charge in [-0.3, -0.25) is 19.7 Å². The molecule has 1 aromatic carbocycles. The first-order valence-electron chi connectivity index (χ1n) is 8.63. The molecule has 1 amide bonds. The first-order valence-corrected chi connectivity index (χ1v) is 8.63. The minimum atomic E-state index is -0.919. The number of carbonyl (C=O) groups excluding carboxylic acids is 1. The monoisotopic (exact) mass is 359 g/mol. The van der Waals surface area contributed by atoms with Crippen LogP contribution in [0.3, 0.4) is 0 Å². The third kappa shape index (κ3) is 3.68. The molecule has 0 radical (unpaired) electrons. The molecule has 8 heteroatoms. The number of hydrogen-bond donors (Lipinski definition) is 1. The zero-order valence-corrected chi connectivity index (χ0v) is 14.3. The van der Waals surface area contributed by atoms with Gasteiger partial charge in [-0.05, 0) is 25.0 Å². The summed E-state index contributed by atoms with van der Waals surface area (Å²) >= 11 is 0. The van der Waals surface area contributed by atoms with Gasteiger partial charge in [0.15, 0.2) is 0 Å². The number of carbonyl (C=O) groups is 2. The van der Waals surface area contributed by atoms with Crippen LogP contribution in [0.4, 0.5) is 11.4 Å². The summed E-state index contributed by atoms with van der Waals surface area (Å²) in [7, 11) is 0. The maximum absolute atomic E-state index is 12.8. The van der Waals surface area contributed by atoms with E-state index in [1.165, 1.54) is 12.1 Å². The van der Waals surface area contributed by atoms with E-state index in [1.54, 1.807) is 17.0 Å². The fourth-order valence-electron chi connectivity index (χ4n) is 3.56. The lowest BCUT2D eigenvalue weighted by molar-refractivity contribution is -0.384. The van der Waals surface area contributed by atoms with E-state index in [9.17, 15) is 24.8 Å². The van der Waals surface area contributed by atoms with Crippen LogP contribution in [0.25, 0.3) is 0 Å². The number of nitro groups is 1. The predicted molar refractivity (Wildman–Crippen MR) is 94.9 cm³/mol. The van der Waals surface area contributed by atoms with E-state index in [0.29, 0.717) is 39.0 Å². The summed E-state index contributed by atoms with van der Waals surface area (Å²) < 4.78 is 0. The molecule has 0 spiro atoms. The van der Waals surface area contributed by atoms with Crippen LogP contribution in [0, 0.1) is 22.0 Å². The summed E-state index contributed by atoms with van der Waals surface area (Å²) in [5.74, 6) is -2.16. The number of aliphatic carboxylic acids is 1. The minimum Gasteiger partial charge on any atom is -0.481 e. The maximum Gasteiger partial charge on any atom is 0.307 e. The Labute approximate surface area is 150 Å². The molecule has 1 aromatic rings. The van der Waals surface area contributed by atoms with Crippen LogP contribution in [0.1, 0.15) is 12.8 Å². The van der Waals surface area contributed by atoms with Crippen molar-refractivity contribution in [2.75, 3.05) is 31.1 Å². The van der Waals surface area contributed by atoms with Crippen molar-refractivity contribution < 1.29 is 19.6 Å². The number of piperazine rings is 1. The molecule has 1 saturated heterocycles. The van der Waals surface area contributed by atoms with Crippen LogP contribution in [0.15, 0.2) is 36.4 Å². The van der Waals surface area contributed by atoms with Crippen LogP contribution in [-0.4, -0.2) is 53.0 Å². The molecular weight excluding hydrogens is 338 g/mol. The number of benzene rings is 1. The molecular formula is C18H21N3O5. The van der Waals surface area contributed by atoms with Crippen molar-refractivity contribution in [1.82, 2.24) is 4.90 Å². The zero-order valence-electron chi connectivity index (χ0n) is 14.3. The Morgan fingerprint density at radius 3 is 2.12 bits per heavy atom. The first-order chi connectivity index (χ1) is 12.5. The molecule has 1 fully saturated rings. The molecule has 1 heterocycles. The van der Waals surface area contributed by atoms with Crippen molar-refractivity contribution >= 4 is 23.3 Å². The Balaban J connectivity index is 1.61. The fraction of sp³-hybridized carbons (Fsp3) is 0.444. The van der Waals surface area contributed by atoms with E-state index in [1.807, 2.05) is 12.2 Å². The van der Waals surface area contributed by atoms with Crippen LogP contribution in [0.5, 0.6) is 0 Å². The van der Waals surface area contributed by atoms with Gasteiger partial charge in [0.25, 0.3) is 5.69 Å². The predicted octanol–water partition coefficient (Wildman–Crippen LogP) is 1.91. The summed E-state index contributed by atoms with van der Waals surface area (Å²) in [6, 6.07) is 6.36. The number of carboxylic acid groups (broad SMARTS) is 1. The lowest BCUT2D eigenvalue weighted by Gasteiger charge is -2.38. The fourth-order valence-corrected chi connectivity index (χ4v) is 3.56. The average molecular weight is 359 g/mol. The largest absolute Gasteiger partial charge is 0.481 e. The Bertz CT molecular complexity index is 723. The van der Waals surface area contributed by atoms with Crippen molar-refractivity contribution in [1.29, 1.82) is 0 Å². The standard InChI is InChI=1S/C18H21N3O5/c22-17(15-3-1-2-4-16(15)18(23)24)20-11-9-19(10-12-20)13-5-7-14(8-6-13)21(25)26/h1-2,5-8,15-16H,3-4,9-12H2,(H,23,24)/t15-,16+/m0/s1. The average Bonchev–Trinajstić information content (AvgIpc) is 2.67. The van der Waals surface area contributed by atoms with Gasteiger partial charge in [0.05, 0.1) is 16.8 Å². The van der Waals surface area contributed by atoms with Gasteiger partial charge in [0.1, 0.15) is 0 Å². The van der Waals surface area contributed by atoms with Gasteiger partial charge >= 0.3 is 5.97 Å². The molecule has 2 atom stereocenters. The molecule has 0 saturated carbocycles. The molecule has 1 N–H and O–H groups in total. The minimum absolute atomic E-state index is 0.0487. The Kier molecular flexibility index (Phi) is 5.20. The number of nitro benzene ring substituents is 1. The van der Waals surface area contributed by atoms with E-state index < -0.39 is 22.7 Å². The lowest BCUT2D eigenvalue weighted by Crippen LogP contribution is -2.52. The molecule has 1 aliphatic heterocycles. The smallest absolute Gasteiger partial charge is 0.307 e. The number of non-ortho nitro benzene ring substituents is 1. The summed E-state index contributed by atoms with van der Waals surface area (Å²) in [6.07, 6.45) is 4.58. The number of hydrogen-bond acceptors (Lipinski definition) is 5. The topological polar surface area (TPSA) is 104 Å². The second-order valence-corrected chi connectivity index (χ2v) is 6.58. The molecule has 3 rings (SSSR count). The summed E-state index contributed by atoms with van der Waals surface area (Å²) in [4.78, 5) is 38.3. The second-order valence-electron chi connectivity index (χ2n) is 6.58. The van der Waals surface area contributed by atoms with Crippen molar-refractivity contribution in [3.63, 3.8) is 0 Å². The third-order valence-corrected chi connectivity index (χ3v) is 5.08. The van der Waals surface area contributed by atoms with Gasteiger partial charge < -0.3 is 14.9 Å². The molecule has 0 unspecified atom stereocenters. The molecule has 0 aromatic heterocycles. The van der Waals surface area contributed by atoms with Crippen LogP contribution >= 0.6 is 0 Å². The summed E-state index contributed by atoms with van der Waals surface area (Å²) in [6.45, 7) is 2.26. The summed E-state index contributed by atoms with van der Waals surface area (Å²) in [5, 5.41) is 20.1. The van der Waals surface area contributed by atoms with Crippen molar-refractivity contribution in [2.24, 2.45) is 11.8 Å². The van der Waals surface area contributed by atoms with Crippen molar-refractivity contribution in [3.05, 3.63) is 46.5 Å². The maximum atomic E-state index is 12.8. The molecule has 8 nitrogen and oxygen atoms in total. The SMILES string of the molecule is O=C(O)[C@@H]1CC=CC[C@@H]1C(=O)N1CCN(c2ccc([N+](=O)[O-])cc2)CC1. The Morgan fingerprint density at radius 1 is 1.00 bits per heavy atom. The van der Waals surface area contributed by atoms with Crippen molar-refractivity contribution in [2.45, 2.75) is 12.8 Å². The lowest BCUT2D eigenvalue weighted by atomic mass is 9.82. The van der Waals surface area contributed by atoms with E-state index in [2.05, 4.69) is 4.90 Å². The molecule has 0 bridgehead atoms. The molecule has 26 heavy (non-hydrogen) atoms. The number of allylic oxidation sites excluding steroid dienone is 2. The zero-order chi connectivity index (χ0) is 18.7. The Morgan fingerprint density at radius 2 is 1.58 bits per heavy atom. The van der Waals surface area contributed by atoms with E-state index in [4.69, 9.17) is 0 Å². The van der Waals surface area contributed by atoms with Crippen LogP contribution in [-0.2, 0) is 9.59 Å². The highest BCUT2D eigenvalue weighted by Gasteiger charge is 2.37. The van der Waals surface area contributed by atoms with Gasteiger partial charge in [0.2, 0.25) is 5.91 Å². The van der Waals surface area contributed by atoms with Crippen LogP contribution in [0.2, 0.25) is 0 Å². The van der Waals surface area contributed by atoms with Crippen LogP contribution < -0.4 is 4.90 Å². The third-order valence-electron chi connectivity index (χ3n) is 5.08. The molecule has 1 aliphatic carbocycles. The highest BCUT2D eigenvalue weighted by molar-refractivity contribution is 5.85. The second kappa shape index (κ2) is 7.55. The van der Waals surface area contributed by atoms with Crippen molar-refractivity contribution in [3.8, 4) is 0 Å². The molecule has 138 valence electrons. The molecule has 2 aliphatic rings. The first kappa shape index (κ1) is 17.9.